The number of phosphoric ester groups is 1. The molecule has 0 saturated carbocycles. The number of rotatable bonds is 19. The van der Waals surface area contributed by atoms with Crippen LogP contribution in [0.15, 0.2) is 233 Å². The van der Waals surface area contributed by atoms with Crippen molar-refractivity contribution < 1.29 is 120 Å². The molecule has 1 unspecified atom stereocenters. The number of nitrogens with one attached hydrogen (secondary N) is 6. The van der Waals surface area contributed by atoms with Crippen LogP contribution < -0.4 is 110 Å². The molecule has 0 aliphatic heterocycles. The number of hydrogen-bond donors (Lipinski definition) is 7. The number of anilines is 3. The van der Waals surface area contributed by atoms with E-state index in [0.717, 1.165) is 27.8 Å². The number of H-pyrrole nitrogens is 3. The maximum atomic E-state index is 13.5. The monoisotopic (exact) mass is 1730 g/mol. The molecular weight excluding hydrogens is 1620 g/mol. The number of aromatic nitrogens is 3. The number of carbonyl (C=O) groups excluding carboxylic acids is 3. The average molecular weight is 1730 g/mol. The summed E-state index contributed by atoms with van der Waals surface area (Å²) >= 11 is 0. The number of carbonyl (C=O) groups is 3. The van der Waals surface area contributed by atoms with Crippen LogP contribution in [-0.4, -0.2) is 51.1 Å². The Kier molecular flexibility index (Phi) is 34.3. The summed E-state index contributed by atoms with van der Waals surface area (Å²) in [7, 11) is -9.73. The van der Waals surface area contributed by atoms with Crippen molar-refractivity contribution in [1.29, 1.82) is 0 Å². The van der Waals surface area contributed by atoms with Gasteiger partial charge in [-0.25, -0.2) is 4.57 Å². The molecule has 7 N–H and O–H groups in total. The minimum Gasteiger partial charge on any atom is -0.780 e. The molecule has 0 aliphatic rings. The fraction of sp³-hybridized carbons (Fsp3) is 0.305. The Labute approximate surface area is 759 Å². The summed E-state index contributed by atoms with van der Waals surface area (Å²) in [5, 5.41) is 20.3. The largest absolute Gasteiger partial charge is 1.00 e. The third-order valence-electron chi connectivity index (χ3n) is 19.4. The Morgan fingerprint density at radius 2 is 0.656 bits per heavy atom. The Bertz CT molecular complexity index is 5930. The molecular formula is C95H109N6Na2O16P3. The van der Waals surface area contributed by atoms with E-state index in [9.17, 15) is 52.8 Å². The maximum Gasteiger partial charge on any atom is 1.00 e. The number of amides is 3. The molecule has 0 spiro atoms. The number of phosphoric acid groups is 1. The number of pyridine rings is 3. The number of phenols is 1. The van der Waals surface area contributed by atoms with Gasteiger partial charge in [0.15, 0.2) is 8.38 Å². The smallest absolute Gasteiger partial charge is 0.780 e. The molecule has 3 amide bonds. The van der Waals surface area contributed by atoms with Crippen LogP contribution in [0, 0.1) is 0 Å². The minimum absolute atomic E-state index is 0. The predicted molar refractivity (Wildman–Crippen MR) is 480 cm³/mol. The Morgan fingerprint density at radius 1 is 0.385 bits per heavy atom. The van der Waals surface area contributed by atoms with Crippen LogP contribution in [0.2, 0.25) is 0 Å². The number of aromatic amines is 3. The first kappa shape index (κ1) is 100. The van der Waals surface area contributed by atoms with Gasteiger partial charge >= 0.3 is 66.7 Å². The van der Waals surface area contributed by atoms with E-state index in [2.05, 4.69) is 55.2 Å². The molecule has 22 nitrogen and oxygen atoms in total. The summed E-state index contributed by atoms with van der Waals surface area (Å²) in [6.07, 6.45) is 4.19. The van der Waals surface area contributed by atoms with Gasteiger partial charge in [0.1, 0.15) is 41.8 Å². The van der Waals surface area contributed by atoms with Gasteiger partial charge in [-0.1, -0.05) is 252 Å². The van der Waals surface area contributed by atoms with Gasteiger partial charge in [-0.2, -0.15) is 0 Å². The van der Waals surface area contributed by atoms with Crippen LogP contribution in [0.4, 0.5) is 17.1 Å². The van der Waals surface area contributed by atoms with Crippen molar-refractivity contribution in [3.63, 3.8) is 0 Å². The van der Waals surface area contributed by atoms with Crippen molar-refractivity contribution in [2.75, 3.05) is 29.3 Å². The fourth-order valence-electron chi connectivity index (χ4n) is 13.0. The van der Waals surface area contributed by atoms with Crippen LogP contribution in [0.3, 0.4) is 0 Å². The summed E-state index contributed by atoms with van der Waals surface area (Å²) in [4.78, 5) is 110. The molecule has 12 aromatic rings. The quantitative estimate of drug-likeness (QED) is 0.0292. The SMILES string of the molecule is CC(C)(C)c1cc(C(C)(C)C)c(NC(=O)c2c[nH]c3ccccc3c2=O)cc1O.CC(C)(C)c1cc(C(C)(C)C)c(OP(=O)([O-])[O-])cc1NC(=O)c1c[nH]c2ccccc2c1=O.CC(C)(C)c1cc(C(C)(C)C)c(OP(C)(=O)OCc2ccccc2)cc1NC(=O)c1c[nH]c2ccccc2c1=O.CP(OCc1ccccc1)OCc1ccccc1.[Na+].[Na+]. The average Bonchev–Trinajstić information content (AvgIpc) is 0.767. The summed E-state index contributed by atoms with van der Waals surface area (Å²) in [6.45, 7) is 40.6. The zero-order valence-corrected chi connectivity index (χ0v) is 80.5. The van der Waals surface area contributed by atoms with Crippen LogP contribution >= 0.6 is 23.8 Å². The maximum absolute atomic E-state index is 13.5. The molecule has 27 heteroatoms. The Hall–Kier alpha value is -8.89. The van der Waals surface area contributed by atoms with Crippen LogP contribution in [0.5, 0.6) is 17.2 Å². The summed E-state index contributed by atoms with van der Waals surface area (Å²) < 4.78 is 52.8. The van der Waals surface area contributed by atoms with Crippen molar-refractivity contribution >= 4 is 91.3 Å². The zero-order valence-electron chi connectivity index (χ0n) is 73.8. The molecule has 122 heavy (non-hydrogen) atoms. The first-order valence-electron chi connectivity index (χ1n) is 39.2. The van der Waals surface area contributed by atoms with Gasteiger partial charge in [0.25, 0.3) is 17.7 Å². The van der Waals surface area contributed by atoms with Crippen LogP contribution in [0.25, 0.3) is 32.7 Å². The zero-order chi connectivity index (χ0) is 88.3. The van der Waals surface area contributed by atoms with E-state index in [4.69, 9.17) is 22.6 Å². The topological polar surface area (TPSA) is 333 Å². The van der Waals surface area contributed by atoms with Crippen molar-refractivity contribution in [2.24, 2.45) is 0 Å². The minimum atomic E-state index is -5.35. The Balaban J connectivity index is 0.000000229. The van der Waals surface area contributed by atoms with E-state index in [0.29, 0.717) is 74.2 Å². The molecule has 0 saturated heterocycles. The third-order valence-corrected chi connectivity index (χ3v) is 21.9. The van der Waals surface area contributed by atoms with E-state index in [1.165, 1.54) is 42.4 Å². The van der Waals surface area contributed by atoms with E-state index >= 15 is 0 Å². The molecule has 0 fully saturated rings. The molecule has 3 aromatic heterocycles. The normalized spacial score (nSPS) is 12.4. The van der Waals surface area contributed by atoms with Gasteiger partial charge in [0.05, 0.1) is 19.8 Å². The summed E-state index contributed by atoms with van der Waals surface area (Å²) in [5.41, 5.74) is 7.47. The van der Waals surface area contributed by atoms with Crippen LogP contribution in [0.1, 0.15) is 206 Å². The molecule has 632 valence electrons. The van der Waals surface area contributed by atoms with E-state index < -0.39 is 57.8 Å². The number of hydrogen-bond acceptors (Lipinski definition) is 16. The summed E-state index contributed by atoms with van der Waals surface area (Å²) in [6, 6.07) is 60.9. The second kappa shape index (κ2) is 41.7. The van der Waals surface area contributed by atoms with Gasteiger partial charge in [-0.05, 0) is 126 Å². The number of benzene rings is 9. The molecule has 12 rings (SSSR count). The van der Waals surface area contributed by atoms with Gasteiger partial charge < -0.3 is 68.5 Å². The van der Waals surface area contributed by atoms with E-state index in [-0.39, 0.29) is 132 Å². The van der Waals surface area contributed by atoms with Crippen LogP contribution in [-0.2, 0) is 75.0 Å². The van der Waals surface area contributed by atoms with Gasteiger partial charge in [0.2, 0.25) is 16.3 Å². The standard InChI is InChI=1S/C32H37N2O5P.C24H29N2O6P.C24H28N2O3.C15H17O2P.2Na/c1-31(2,3)24-17-25(32(4,5)6)28(39-40(7,37)38-20-21-13-9-8-10-14-21)18-27(24)34-30(36)23-19-33-26-16-12-11-15-22(26)29(23)35;1-23(2,3)16-11-17(24(4,5)6)20(32-33(29,30)31)12-19(16)26-22(28)15-13-25-18-10-8-7-9-14(18)21(15)27;1-23(2,3)16-11-17(24(4,5)6)20(27)12-19(16)26-22(29)15-13-25-18-10-8-7-9-14(18)21(15)28;1-18(16-12-14-8-4-2-5-9-14)17-13-15-10-6-3-7-11-15;;/h8-19H,20H2,1-7H3,(H,33,35)(H,34,36);7-13H,1-6H3,(H,25,27)(H,26,28)(H2,29,30,31);7-13,27H,1-6H3,(H,25,28)(H,26,29);2-11H,12-13H2,1H3;;/q;;;;2*+1/p-2. The van der Waals surface area contributed by atoms with Crippen molar-refractivity contribution in [3.8, 4) is 17.2 Å². The number of aromatic hydroxyl groups is 1. The van der Waals surface area contributed by atoms with Gasteiger partial charge in [-0.15, -0.1) is 0 Å². The second-order valence-corrected chi connectivity index (χ2v) is 39.9. The molecule has 0 bridgehead atoms. The molecule has 9 aromatic carbocycles. The number of para-hydroxylation sites is 3. The molecule has 0 aliphatic carbocycles. The van der Waals surface area contributed by atoms with Gasteiger partial charge in [0, 0.05) is 111 Å². The Morgan fingerprint density at radius 3 is 0.959 bits per heavy atom. The van der Waals surface area contributed by atoms with E-state index in [1.54, 1.807) is 78.9 Å². The third kappa shape index (κ3) is 27.6. The second-order valence-electron chi connectivity index (χ2n) is 35.4. The number of fused-ring (bicyclic) bond motifs is 3. The first-order chi connectivity index (χ1) is 56.0. The molecule has 3 heterocycles. The first-order valence-corrected chi connectivity index (χ1v) is 44.3. The van der Waals surface area contributed by atoms with Crippen molar-refractivity contribution in [2.45, 2.75) is 177 Å². The van der Waals surface area contributed by atoms with Crippen molar-refractivity contribution in [3.05, 3.63) is 316 Å². The molecule has 0 radical (unpaired) electrons. The van der Waals surface area contributed by atoms with Crippen molar-refractivity contribution in [1.82, 2.24) is 15.0 Å². The van der Waals surface area contributed by atoms with E-state index in [1.807, 2.05) is 222 Å². The predicted octanol–water partition coefficient (Wildman–Crippen LogP) is 14.8. The molecule has 1 atom stereocenters. The van der Waals surface area contributed by atoms with Gasteiger partial charge in [-0.3, -0.25) is 33.3 Å². The number of phenolic OH excluding ortho intramolecular Hbond substituents is 1. The fourth-order valence-corrected chi connectivity index (χ4v) is 15.1. The summed E-state index contributed by atoms with van der Waals surface area (Å²) in [5.74, 6) is -1.42.